The Morgan fingerprint density at radius 3 is 2.79 bits per heavy atom. The first-order chi connectivity index (χ1) is 13.9. The van der Waals surface area contributed by atoms with Gasteiger partial charge < -0.3 is 19.0 Å². The summed E-state index contributed by atoms with van der Waals surface area (Å²) in [5, 5.41) is 17.1. The maximum atomic E-state index is 12.2. The lowest BCUT2D eigenvalue weighted by Gasteiger charge is -2.13. The topological polar surface area (TPSA) is 151 Å². The molecule has 0 radical (unpaired) electrons. The summed E-state index contributed by atoms with van der Waals surface area (Å²) in [5.41, 5.74) is -0.246. The highest BCUT2D eigenvalue weighted by molar-refractivity contribution is 5.96. The van der Waals surface area contributed by atoms with Gasteiger partial charge in [0.1, 0.15) is 5.69 Å². The maximum Gasteiger partial charge on any atom is 0.307 e. The number of benzene rings is 1. The first kappa shape index (κ1) is 19.7. The molecular weight excluding hydrogens is 384 g/mol. The second-order valence-electron chi connectivity index (χ2n) is 5.88. The molecule has 2 aromatic heterocycles. The van der Waals surface area contributed by atoms with Crippen molar-refractivity contribution in [2.24, 2.45) is 0 Å². The second-order valence-corrected chi connectivity index (χ2v) is 5.88. The van der Waals surface area contributed by atoms with Crippen LogP contribution >= 0.6 is 0 Å². The van der Waals surface area contributed by atoms with Crippen LogP contribution in [0.2, 0.25) is 0 Å². The van der Waals surface area contributed by atoms with Crippen molar-refractivity contribution in [3.05, 3.63) is 58.7 Å². The Bertz CT molecular complexity index is 1010. The molecule has 0 bridgehead atoms. The molecule has 11 heteroatoms. The Kier molecular flexibility index (Phi) is 5.97. The molecule has 0 saturated heterocycles. The molecule has 1 N–H and O–H groups in total. The number of nitro benzene ring substituents is 1. The van der Waals surface area contributed by atoms with E-state index in [1.54, 1.807) is 18.2 Å². The molecule has 1 aromatic carbocycles. The number of amides is 1. The van der Waals surface area contributed by atoms with E-state index in [1.165, 1.54) is 31.4 Å². The molecular formula is C18H16N4O7. The highest BCUT2D eigenvalue weighted by Gasteiger charge is 2.22. The van der Waals surface area contributed by atoms with Gasteiger partial charge in [-0.15, -0.1) is 0 Å². The van der Waals surface area contributed by atoms with E-state index < -0.39 is 22.9 Å². The predicted molar refractivity (Wildman–Crippen MR) is 97.6 cm³/mol. The molecule has 0 fully saturated rings. The normalized spacial score (nSPS) is 11.6. The highest BCUT2D eigenvalue weighted by Crippen LogP contribution is 2.23. The van der Waals surface area contributed by atoms with Crippen LogP contribution in [0.4, 0.5) is 11.4 Å². The van der Waals surface area contributed by atoms with E-state index in [0.29, 0.717) is 5.76 Å². The first-order valence-electron chi connectivity index (χ1n) is 8.54. The van der Waals surface area contributed by atoms with E-state index in [4.69, 9.17) is 13.7 Å². The smallest absolute Gasteiger partial charge is 0.307 e. The summed E-state index contributed by atoms with van der Waals surface area (Å²) in [6, 6.07) is 9.01. The van der Waals surface area contributed by atoms with Gasteiger partial charge in [-0.05, 0) is 25.1 Å². The number of aromatic nitrogens is 2. The Hall–Kier alpha value is -4.02. The van der Waals surface area contributed by atoms with Gasteiger partial charge in [0.05, 0.1) is 17.6 Å². The fourth-order valence-corrected chi connectivity index (χ4v) is 2.35. The van der Waals surface area contributed by atoms with Crippen molar-refractivity contribution in [3.63, 3.8) is 0 Å². The van der Waals surface area contributed by atoms with Crippen LogP contribution in [-0.2, 0) is 20.7 Å². The Labute approximate surface area is 163 Å². The number of nitrogens with one attached hydrogen (secondary N) is 1. The van der Waals surface area contributed by atoms with Crippen LogP contribution < -0.4 is 5.32 Å². The van der Waals surface area contributed by atoms with Gasteiger partial charge in [0.2, 0.25) is 11.7 Å². The second kappa shape index (κ2) is 8.78. The largest absolute Gasteiger partial charge is 0.461 e. The molecule has 0 saturated carbocycles. The summed E-state index contributed by atoms with van der Waals surface area (Å²) < 4.78 is 15.2. The van der Waals surface area contributed by atoms with E-state index in [2.05, 4.69) is 15.5 Å². The number of carbonyl (C=O) groups is 2. The average molecular weight is 400 g/mol. The number of nitro groups is 1. The molecule has 2 heterocycles. The van der Waals surface area contributed by atoms with E-state index in [0.717, 1.165) is 0 Å². The van der Waals surface area contributed by atoms with Crippen LogP contribution in [0, 0.1) is 10.1 Å². The minimum absolute atomic E-state index is 0.0155. The molecule has 3 rings (SSSR count). The minimum atomic E-state index is -1.15. The quantitative estimate of drug-likeness (QED) is 0.342. The number of hydrogen-bond acceptors (Lipinski definition) is 9. The number of esters is 1. The van der Waals surface area contributed by atoms with Crippen LogP contribution in [-0.4, -0.2) is 33.0 Å². The first-order valence-corrected chi connectivity index (χ1v) is 8.54. The van der Waals surface area contributed by atoms with E-state index in [9.17, 15) is 19.7 Å². The van der Waals surface area contributed by atoms with Crippen LogP contribution in [0.1, 0.15) is 19.2 Å². The summed E-state index contributed by atoms with van der Waals surface area (Å²) in [6.45, 7) is 1.36. The summed E-state index contributed by atoms with van der Waals surface area (Å²) in [4.78, 5) is 38.6. The number of rotatable bonds is 8. The molecule has 0 spiro atoms. The number of ether oxygens (including phenoxy) is 1. The predicted octanol–water partition coefficient (Wildman–Crippen LogP) is 2.74. The maximum absolute atomic E-state index is 12.2. The Morgan fingerprint density at radius 2 is 2.07 bits per heavy atom. The number of carbonyl (C=O) groups excluding carboxylic acids is 2. The van der Waals surface area contributed by atoms with Gasteiger partial charge in [-0.25, -0.2) is 0 Å². The van der Waals surface area contributed by atoms with Gasteiger partial charge in [0.25, 0.3) is 11.6 Å². The number of furan rings is 1. The van der Waals surface area contributed by atoms with Crippen molar-refractivity contribution in [3.8, 4) is 11.6 Å². The fourth-order valence-electron chi connectivity index (χ4n) is 2.35. The average Bonchev–Trinajstić information content (AvgIpc) is 3.38. The zero-order valence-corrected chi connectivity index (χ0v) is 15.2. The molecule has 11 nitrogen and oxygen atoms in total. The zero-order valence-electron chi connectivity index (χ0n) is 15.2. The van der Waals surface area contributed by atoms with Gasteiger partial charge in [-0.1, -0.05) is 17.3 Å². The van der Waals surface area contributed by atoms with Gasteiger partial charge in [0.15, 0.2) is 11.9 Å². The lowest BCUT2D eigenvalue weighted by atomic mass is 10.2. The molecule has 3 aromatic rings. The number of anilines is 1. The van der Waals surface area contributed by atoms with Crippen LogP contribution in [0.5, 0.6) is 0 Å². The third-order valence-electron chi connectivity index (χ3n) is 3.79. The van der Waals surface area contributed by atoms with Crippen molar-refractivity contribution in [1.82, 2.24) is 10.1 Å². The Balaban J connectivity index is 1.50. The highest BCUT2D eigenvalue weighted by atomic mass is 16.6. The third-order valence-corrected chi connectivity index (χ3v) is 3.79. The van der Waals surface area contributed by atoms with Crippen molar-refractivity contribution in [1.29, 1.82) is 0 Å². The molecule has 0 aliphatic rings. The zero-order chi connectivity index (χ0) is 20.8. The monoisotopic (exact) mass is 400 g/mol. The number of hydrogen-bond donors (Lipinski definition) is 1. The summed E-state index contributed by atoms with van der Waals surface area (Å²) in [5.74, 6) is -0.442. The SMILES string of the molecule is CC(OC(=O)CCc1nc(-c2ccco2)no1)C(=O)Nc1ccccc1[N+](=O)[O-]. The van der Waals surface area contributed by atoms with Gasteiger partial charge >= 0.3 is 5.97 Å². The minimum Gasteiger partial charge on any atom is -0.461 e. The lowest BCUT2D eigenvalue weighted by molar-refractivity contribution is -0.383. The van der Waals surface area contributed by atoms with Crippen LogP contribution in [0.3, 0.4) is 0 Å². The van der Waals surface area contributed by atoms with Crippen molar-refractivity contribution in [2.75, 3.05) is 5.32 Å². The van der Waals surface area contributed by atoms with Gasteiger partial charge in [-0.3, -0.25) is 19.7 Å². The van der Waals surface area contributed by atoms with Crippen molar-refractivity contribution < 1.29 is 28.2 Å². The lowest BCUT2D eigenvalue weighted by Crippen LogP contribution is -2.30. The third kappa shape index (κ3) is 5.03. The van der Waals surface area contributed by atoms with Gasteiger partial charge in [-0.2, -0.15) is 4.98 Å². The summed E-state index contributed by atoms with van der Waals surface area (Å²) in [6.07, 6.45) is 0.344. The molecule has 0 aliphatic carbocycles. The molecule has 1 amide bonds. The summed E-state index contributed by atoms with van der Waals surface area (Å²) >= 11 is 0. The van der Waals surface area contributed by atoms with Crippen molar-refractivity contribution >= 4 is 23.3 Å². The number of nitrogens with zero attached hydrogens (tertiary/aromatic N) is 3. The molecule has 1 atom stereocenters. The molecule has 150 valence electrons. The van der Waals surface area contributed by atoms with E-state index >= 15 is 0 Å². The fraction of sp³-hybridized carbons (Fsp3) is 0.222. The summed E-state index contributed by atoms with van der Waals surface area (Å²) in [7, 11) is 0. The molecule has 29 heavy (non-hydrogen) atoms. The number of para-hydroxylation sites is 2. The Morgan fingerprint density at radius 1 is 1.28 bits per heavy atom. The van der Waals surface area contributed by atoms with E-state index in [1.807, 2.05) is 0 Å². The van der Waals surface area contributed by atoms with Crippen LogP contribution in [0.25, 0.3) is 11.6 Å². The van der Waals surface area contributed by atoms with E-state index in [-0.39, 0.29) is 35.9 Å². The van der Waals surface area contributed by atoms with Crippen molar-refractivity contribution in [2.45, 2.75) is 25.9 Å². The number of aryl methyl sites for hydroxylation is 1. The molecule has 1 unspecified atom stereocenters. The van der Waals surface area contributed by atoms with Crippen LogP contribution in [0.15, 0.2) is 51.6 Å². The van der Waals surface area contributed by atoms with Gasteiger partial charge in [0, 0.05) is 12.5 Å². The standard InChI is InChI=1S/C18H16N4O7/c1-11(18(24)19-12-5-2-3-6-13(12)22(25)26)28-16(23)9-8-15-20-17(21-29-15)14-7-4-10-27-14/h2-7,10-11H,8-9H2,1H3,(H,19,24). The molecule has 0 aliphatic heterocycles.